The van der Waals surface area contributed by atoms with Crippen LogP contribution in [0.4, 0.5) is 4.39 Å². The van der Waals surface area contributed by atoms with Crippen LogP contribution in [-0.4, -0.2) is 6.04 Å². The molecule has 2 aromatic carbocycles. The Hall–Kier alpha value is -1.23. The van der Waals surface area contributed by atoms with Crippen molar-refractivity contribution in [2.24, 2.45) is 5.84 Å². The Morgan fingerprint density at radius 1 is 1.30 bits per heavy atom. The van der Waals surface area contributed by atoms with Crippen LogP contribution in [0.2, 0.25) is 0 Å². The Morgan fingerprint density at radius 3 is 2.80 bits per heavy atom. The smallest absolute Gasteiger partial charge is 0.124 e. The summed E-state index contributed by atoms with van der Waals surface area (Å²) in [4.78, 5) is 0. The third-order valence-electron chi connectivity index (χ3n) is 4.05. The van der Waals surface area contributed by atoms with Crippen LogP contribution in [0.5, 0.6) is 0 Å². The molecule has 0 amide bonds. The molecule has 0 fully saturated rings. The van der Waals surface area contributed by atoms with Gasteiger partial charge >= 0.3 is 0 Å². The van der Waals surface area contributed by atoms with Crippen molar-refractivity contribution in [1.82, 2.24) is 5.43 Å². The number of fused-ring (bicyclic) bond motifs is 1. The molecule has 3 rings (SSSR count). The van der Waals surface area contributed by atoms with Crippen molar-refractivity contribution in [3.8, 4) is 0 Å². The number of hydrogen-bond acceptors (Lipinski definition) is 2. The van der Waals surface area contributed by atoms with Crippen LogP contribution in [0.25, 0.3) is 0 Å². The molecule has 2 unspecified atom stereocenters. The first-order chi connectivity index (χ1) is 9.69. The molecule has 0 radical (unpaired) electrons. The van der Waals surface area contributed by atoms with Gasteiger partial charge in [-0.05, 0) is 41.7 Å². The van der Waals surface area contributed by atoms with Gasteiger partial charge in [0.05, 0.1) is 0 Å². The molecule has 0 aromatic heterocycles. The summed E-state index contributed by atoms with van der Waals surface area (Å²) in [6, 6.07) is 13.4. The maximum atomic E-state index is 13.1. The van der Waals surface area contributed by atoms with Crippen LogP contribution in [0.1, 0.15) is 22.6 Å². The first-order valence-corrected chi connectivity index (χ1v) is 7.46. The SMILES string of the molecule is NNC(Cc1ccc(F)cc1Br)C1Cc2ccccc21. The van der Waals surface area contributed by atoms with Crippen molar-refractivity contribution >= 4 is 15.9 Å². The molecule has 0 saturated heterocycles. The number of hydrogen-bond donors (Lipinski definition) is 2. The van der Waals surface area contributed by atoms with Gasteiger partial charge in [0.1, 0.15) is 5.82 Å². The van der Waals surface area contributed by atoms with E-state index in [0.717, 1.165) is 22.9 Å². The zero-order valence-corrected chi connectivity index (χ0v) is 12.5. The summed E-state index contributed by atoms with van der Waals surface area (Å²) in [6.45, 7) is 0. The maximum Gasteiger partial charge on any atom is 0.124 e. The minimum absolute atomic E-state index is 0.159. The van der Waals surface area contributed by atoms with Gasteiger partial charge in [0.25, 0.3) is 0 Å². The van der Waals surface area contributed by atoms with Gasteiger partial charge in [0.2, 0.25) is 0 Å². The van der Waals surface area contributed by atoms with E-state index in [2.05, 4.69) is 45.6 Å². The van der Waals surface area contributed by atoms with Crippen molar-refractivity contribution in [1.29, 1.82) is 0 Å². The second kappa shape index (κ2) is 5.64. The number of benzene rings is 2. The molecule has 3 N–H and O–H groups in total. The number of rotatable bonds is 4. The standard InChI is InChI=1S/C16H16BrFN2/c17-15-9-12(18)6-5-11(15)8-16(20-19)14-7-10-3-1-2-4-13(10)14/h1-6,9,14,16,20H,7-8,19H2. The highest BCUT2D eigenvalue weighted by Gasteiger charge is 2.32. The first-order valence-electron chi connectivity index (χ1n) is 6.67. The van der Waals surface area contributed by atoms with E-state index in [4.69, 9.17) is 5.84 Å². The van der Waals surface area contributed by atoms with E-state index >= 15 is 0 Å². The van der Waals surface area contributed by atoms with Gasteiger partial charge in [-0.15, -0.1) is 0 Å². The summed E-state index contributed by atoms with van der Waals surface area (Å²) in [6.07, 6.45) is 1.82. The molecule has 1 aliphatic carbocycles. The molecule has 0 bridgehead atoms. The van der Waals surface area contributed by atoms with Gasteiger partial charge in [-0.3, -0.25) is 11.3 Å². The number of halogens is 2. The molecule has 104 valence electrons. The normalized spacial score (nSPS) is 18.2. The molecule has 4 heteroatoms. The van der Waals surface area contributed by atoms with E-state index < -0.39 is 0 Å². The zero-order valence-electron chi connectivity index (χ0n) is 10.9. The Morgan fingerprint density at radius 2 is 2.10 bits per heavy atom. The predicted molar refractivity (Wildman–Crippen MR) is 81.8 cm³/mol. The van der Waals surface area contributed by atoms with Crippen LogP contribution >= 0.6 is 15.9 Å². The number of nitrogens with one attached hydrogen (secondary N) is 1. The lowest BCUT2D eigenvalue weighted by Gasteiger charge is -2.36. The molecule has 0 heterocycles. The fourth-order valence-electron chi connectivity index (χ4n) is 2.90. The third-order valence-corrected chi connectivity index (χ3v) is 4.79. The molecule has 2 atom stereocenters. The van der Waals surface area contributed by atoms with Crippen molar-refractivity contribution in [2.45, 2.75) is 24.8 Å². The Bertz CT molecular complexity index is 630. The fourth-order valence-corrected chi connectivity index (χ4v) is 3.41. The van der Waals surface area contributed by atoms with Crippen molar-refractivity contribution in [3.63, 3.8) is 0 Å². The van der Waals surface area contributed by atoms with Gasteiger partial charge in [0.15, 0.2) is 0 Å². The van der Waals surface area contributed by atoms with Gasteiger partial charge in [-0.2, -0.15) is 0 Å². The van der Waals surface area contributed by atoms with E-state index in [1.807, 2.05) is 6.07 Å². The fraction of sp³-hybridized carbons (Fsp3) is 0.250. The van der Waals surface area contributed by atoms with Crippen LogP contribution < -0.4 is 11.3 Å². The van der Waals surface area contributed by atoms with Gasteiger partial charge in [-0.25, -0.2) is 4.39 Å². The van der Waals surface area contributed by atoms with Crippen molar-refractivity contribution in [3.05, 3.63) is 69.4 Å². The van der Waals surface area contributed by atoms with Gasteiger partial charge in [-0.1, -0.05) is 46.3 Å². The molecule has 20 heavy (non-hydrogen) atoms. The number of hydrazine groups is 1. The highest BCUT2D eigenvalue weighted by atomic mass is 79.9. The summed E-state index contributed by atoms with van der Waals surface area (Å²) < 4.78 is 13.9. The quantitative estimate of drug-likeness (QED) is 0.665. The third kappa shape index (κ3) is 2.51. The maximum absolute atomic E-state index is 13.1. The van der Waals surface area contributed by atoms with E-state index in [9.17, 15) is 4.39 Å². The molecule has 0 spiro atoms. The van der Waals surface area contributed by atoms with Gasteiger partial charge in [0, 0.05) is 16.4 Å². The summed E-state index contributed by atoms with van der Waals surface area (Å²) in [5.74, 6) is 5.92. The summed E-state index contributed by atoms with van der Waals surface area (Å²) >= 11 is 3.42. The average Bonchev–Trinajstić information content (AvgIpc) is 2.41. The second-order valence-corrected chi connectivity index (χ2v) is 6.08. The van der Waals surface area contributed by atoms with Crippen LogP contribution in [0.15, 0.2) is 46.9 Å². The molecule has 2 nitrogen and oxygen atoms in total. The monoisotopic (exact) mass is 334 g/mol. The van der Waals surface area contributed by atoms with E-state index in [0.29, 0.717) is 5.92 Å². The number of nitrogens with two attached hydrogens (primary N) is 1. The second-order valence-electron chi connectivity index (χ2n) is 5.22. The van der Waals surface area contributed by atoms with Crippen LogP contribution in [-0.2, 0) is 12.8 Å². The Balaban J connectivity index is 1.79. The zero-order chi connectivity index (χ0) is 14.1. The minimum Gasteiger partial charge on any atom is -0.271 e. The van der Waals surface area contributed by atoms with Crippen molar-refractivity contribution in [2.75, 3.05) is 0 Å². The summed E-state index contributed by atoms with van der Waals surface area (Å²) in [5, 5.41) is 0. The van der Waals surface area contributed by atoms with Crippen LogP contribution in [0.3, 0.4) is 0 Å². The molecular weight excluding hydrogens is 319 g/mol. The van der Waals surface area contributed by atoms with E-state index in [-0.39, 0.29) is 11.9 Å². The predicted octanol–water partition coefficient (Wildman–Crippen LogP) is 3.30. The largest absolute Gasteiger partial charge is 0.271 e. The Kier molecular flexibility index (Phi) is 3.87. The van der Waals surface area contributed by atoms with Crippen LogP contribution in [0, 0.1) is 5.82 Å². The molecular formula is C16H16BrFN2. The topological polar surface area (TPSA) is 38.0 Å². The highest BCUT2D eigenvalue weighted by molar-refractivity contribution is 9.10. The lowest BCUT2D eigenvalue weighted by molar-refractivity contribution is 0.403. The Labute approximate surface area is 126 Å². The summed E-state index contributed by atoms with van der Waals surface area (Å²) in [5.41, 5.74) is 6.76. The van der Waals surface area contributed by atoms with E-state index in [1.54, 1.807) is 0 Å². The molecule has 0 saturated carbocycles. The van der Waals surface area contributed by atoms with E-state index in [1.165, 1.54) is 23.3 Å². The van der Waals surface area contributed by atoms with Crippen molar-refractivity contribution < 1.29 is 4.39 Å². The lowest BCUT2D eigenvalue weighted by atomic mass is 9.72. The summed E-state index contributed by atoms with van der Waals surface area (Å²) in [7, 11) is 0. The molecule has 0 aliphatic heterocycles. The molecule has 1 aliphatic rings. The van der Waals surface area contributed by atoms with Gasteiger partial charge < -0.3 is 0 Å². The first kappa shape index (κ1) is 13.7. The highest BCUT2D eigenvalue weighted by Crippen LogP contribution is 2.38. The lowest BCUT2D eigenvalue weighted by Crippen LogP contribution is -2.45. The average molecular weight is 335 g/mol. The minimum atomic E-state index is -0.230. The molecule has 2 aromatic rings.